The van der Waals surface area contributed by atoms with E-state index in [-0.39, 0.29) is 18.1 Å². The molecular weight excluding hydrogens is 290 g/mol. The molecule has 2 aromatic rings. The quantitative estimate of drug-likeness (QED) is 0.834. The number of carbonyl (C=O) groups is 2. The SMILES string of the molecule is COc1ccc(C(C)=O)cc1CC(=O)NCc1ccccc1C. The molecule has 2 rings (SSSR count). The van der Waals surface area contributed by atoms with Crippen LogP contribution in [0.5, 0.6) is 5.75 Å². The minimum Gasteiger partial charge on any atom is -0.496 e. The summed E-state index contributed by atoms with van der Waals surface area (Å²) in [7, 11) is 1.55. The van der Waals surface area contributed by atoms with Crippen molar-refractivity contribution in [1.82, 2.24) is 5.32 Å². The summed E-state index contributed by atoms with van der Waals surface area (Å²) < 4.78 is 5.27. The third-order valence-electron chi connectivity index (χ3n) is 3.78. The van der Waals surface area contributed by atoms with Crippen LogP contribution in [0.15, 0.2) is 42.5 Å². The lowest BCUT2D eigenvalue weighted by Crippen LogP contribution is -2.25. The Morgan fingerprint density at radius 1 is 1.09 bits per heavy atom. The van der Waals surface area contributed by atoms with Gasteiger partial charge < -0.3 is 10.1 Å². The van der Waals surface area contributed by atoms with Gasteiger partial charge >= 0.3 is 0 Å². The molecule has 2 aromatic carbocycles. The fourth-order valence-corrected chi connectivity index (χ4v) is 2.37. The summed E-state index contributed by atoms with van der Waals surface area (Å²) in [5.74, 6) is 0.475. The van der Waals surface area contributed by atoms with Crippen LogP contribution in [0.2, 0.25) is 0 Å². The molecule has 0 fully saturated rings. The fourth-order valence-electron chi connectivity index (χ4n) is 2.37. The first kappa shape index (κ1) is 16.7. The summed E-state index contributed by atoms with van der Waals surface area (Å²) in [5, 5.41) is 2.91. The highest BCUT2D eigenvalue weighted by Gasteiger charge is 2.11. The number of nitrogens with one attached hydrogen (secondary N) is 1. The predicted octanol–water partition coefficient (Wildman–Crippen LogP) is 3.07. The Labute approximate surface area is 136 Å². The Bertz CT molecular complexity index is 722. The maximum Gasteiger partial charge on any atom is 0.224 e. The van der Waals surface area contributed by atoms with Crippen LogP contribution in [-0.2, 0) is 17.8 Å². The van der Waals surface area contributed by atoms with Crippen molar-refractivity contribution in [3.05, 3.63) is 64.7 Å². The number of ether oxygens (including phenoxy) is 1. The molecule has 0 aliphatic heterocycles. The second kappa shape index (κ2) is 7.58. The van der Waals surface area contributed by atoms with Crippen LogP contribution in [-0.4, -0.2) is 18.8 Å². The van der Waals surface area contributed by atoms with Crippen molar-refractivity contribution in [2.45, 2.75) is 26.8 Å². The van der Waals surface area contributed by atoms with Gasteiger partial charge in [-0.3, -0.25) is 9.59 Å². The van der Waals surface area contributed by atoms with Crippen LogP contribution in [0.1, 0.15) is 34.0 Å². The highest BCUT2D eigenvalue weighted by molar-refractivity contribution is 5.94. The van der Waals surface area contributed by atoms with Crippen molar-refractivity contribution in [2.75, 3.05) is 7.11 Å². The normalized spacial score (nSPS) is 10.2. The van der Waals surface area contributed by atoms with Crippen LogP contribution in [0.4, 0.5) is 0 Å². The van der Waals surface area contributed by atoms with E-state index in [2.05, 4.69) is 5.32 Å². The minimum absolute atomic E-state index is 0.0331. The lowest BCUT2D eigenvalue weighted by molar-refractivity contribution is -0.120. The zero-order valence-corrected chi connectivity index (χ0v) is 13.7. The molecule has 0 heterocycles. The summed E-state index contributed by atoms with van der Waals surface area (Å²) in [6, 6.07) is 13.1. The fraction of sp³-hybridized carbons (Fsp3) is 0.263. The number of benzene rings is 2. The zero-order valence-electron chi connectivity index (χ0n) is 13.7. The first-order valence-corrected chi connectivity index (χ1v) is 7.50. The average molecular weight is 311 g/mol. The van der Waals surface area contributed by atoms with Crippen LogP contribution < -0.4 is 10.1 Å². The Kier molecular flexibility index (Phi) is 5.52. The number of methoxy groups -OCH3 is 1. The number of ketones is 1. The van der Waals surface area contributed by atoms with Gasteiger partial charge in [-0.15, -0.1) is 0 Å². The van der Waals surface area contributed by atoms with Crippen molar-refractivity contribution in [2.24, 2.45) is 0 Å². The second-order valence-corrected chi connectivity index (χ2v) is 5.46. The van der Waals surface area contributed by atoms with Gasteiger partial charge in [0.05, 0.1) is 13.5 Å². The summed E-state index contributed by atoms with van der Waals surface area (Å²) in [6.45, 7) is 4.00. The number of rotatable bonds is 6. The Balaban J connectivity index is 2.06. The van der Waals surface area contributed by atoms with Gasteiger partial charge in [0.2, 0.25) is 5.91 Å². The van der Waals surface area contributed by atoms with Gasteiger partial charge in [0.15, 0.2) is 5.78 Å². The molecular formula is C19H21NO3. The summed E-state index contributed by atoms with van der Waals surface area (Å²) in [4.78, 5) is 23.7. The molecule has 0 saturated heterocycles. The van der Waals surface area contributed by atoms with Crippen LogP contribution >= 0.6 is 0 Å². The van der Waals surface area contributed by atoms with Gasteiger partial charge in [0, 0.05) is 17.7 Å². The van der Waals surface area contributed by atoms with E-state index in [0.717, 1.165) is 11.1 Å². The molecule has 0 radical (unpaired) electrons. The van der Waals surface area contributed by atoms with E-state index in [9.17, 15) is 9.59 Å². The highest BCUT2D eigenvalue weighted by atomic mass is 16.5. The predicted molar refractivity (Wildman–Crippen MR) is 89.7 cm³/mol. The van der Waals surface area contributed by atoms with Crippen molar-refractivity contribution in [1.29, 1.82) is 0 Å². The standard InChI is InChI=1S/C19H21NO3/c1-13-6-4-5-7-16(13)12-20-19(22)11-17-10-15(14(2)21)8-9-18(17)23-3/h4-10H,11-12H2,1-3H3,(H,20,22). The number of carbonyl (C=O) groups excluding carboxylic acids is 2. The van der Waals surface area contributed by atoms with E-state index in [0.29, 0.717) is 23.4 Å². The Hall–Kier alpha value is -2.62. The van der Waals surface area contributed by atoms with Gasteiger partial charge in [0.1, 0.15) is 5.75 Å². The summed E-state index contributed by atoms with van der Waals surface area (Å²) in [5.41, 5.74) is 3.52. The van der Waals surface area contributed by atoms with E-state index < -0.39 is 0 Å². The smallest absolute Gasteiger partial charge is 0.224 e. The number of hydrogen-bond donors (Lipinski definition) is 1. The van der Waals surface area contributed by atoms with Crippen molar-refractivity contribution >= 4 is 11.7 Å². The Morgan fingerprint density at radius 2 is 1.83 bits per heavy atom. The molecule has 120 valence electrons. The summed E-state index contributed by atoms with van der Waals surface area (Å²) in [6.07, 6.45) is 0.177. The number of amides is 1. The molecule has 0 unspecified atom stereocenters. The highest BCUT2D eigenvalue weighted by Crippen LogP contribution is 2.21. The first-order valence-electron chi connectivity index (χ1n) is 7.50. The monoisotopic (exact) mass is 311 g/mol. The molecule has 0 bridgehead atoms. The van der Waals surface area contributed by atoms with Gasteiger partial charge in [-0.2, -0.15) is 0 Å². The molecule has 0 atom stereocenters. The zero-order chi connectivity index (χ0) is 16.8. The lowest BCUT2D eigenvalue weighted by atomic mass is 10.0. The third-order valence-corrected chi connectivity index (χ3v) is 3.78. The van der Waals surface area contributed by atoms with Crippen LogP contribution in [0.25, 0.3) is 0 Å². The Morgan fingerprint density at radius 3 is 2.48 bits per heavy atom. The van der Waals surface area contributed by atoms with Crippen LogP contribution in [0.3, 0.4) is 0 Å². The maximum absolute atomic E-state index is 12.2. The van der Waals surface area contributed by atoms with Gasteiger partial charge in [-0.05, 0) is 43.2 Å². The molecule has 23 heavy (non-hydrogen) atoms. The van der Waals surface area contributed by atoms with Crippen LogP contribution in [0, 0.1) is 6.92 Å². The molecule has 0 spiro atoms. The molecule has 4 heteroatoms. The molecule has 1 amide bonds. The van der Waals surface area contributed by atoms with Crippen molar-refractivity contribution in [3.8, 4) is 5.75 Å². The average Bonchev–Trinajstić information content (AvgIpc) is 2.54. The molecule has 1 N–H and O–H groups in total. The first-order chi connectivity index (χ1) is 11.0. The van der Waals surface area contributed by atoms with Gasteiger partial charge in [0.25, 0.3) is 0 Å². The number of aryl methyl sites for hydroxylation is 1. The molecule has 0 aliphatic carbocycles. The van der Waals surface area contributed by atoms with Gasteiger partial charge in [-0.25, -0.2) is 0 Å². The maximum atomic E-state index is 12.2. The lowest BCUT2D eigenvalue weighted by Gasteiger charge is -2.11. The molecule has 0 saturated carbocycles. The summed E-state index contributed by atoms with van der Waals surface area (Å²) >= 11 is 0. The topological polar surface area (TPSA) is 55.4 Å². The third kappa shape index (κ3) is 4.42. The van der Waals surface area contributed by atoms with E-state index in [1.165, 1.54) is 6.92 Å². The number of hydrogen-bond acceptors (Lipinski definition) is 3. The van der Waals surface area contributed by atoms with Crippen molar-refractivity contribution in [3.63, 3.8) is 0 Å². The van der Waals surface area contributed by atoms with Gasteiger partial charge in [-0.1, -0.05) is 24.3 Å². The number of Topliss-reactive ketones (excluding diaryl/α,β-unsaturated/α-hetero) is 1. The van der Waals surface area contributed by atoms with Crippen molar-refractivity contribution < 1.29 is 14.3 Å². The van der Waals surface area contributed by atoms with E-state index in [4.69, 9.17) is 4.74 Å². The second-order valence-electron chi connectivity index (χ2n) is 5.46. The largest absolute Gasteiger partial charge is 0.496 e. The van der Waals surface area contributed by atoms with E-state index in [1.807, 2.05) is 31.2 Å². The molecule has 4 nitrogen and oxygen atoms in total. The van der Waals surface area contributed by atoms with E-state index in [1.54, 1.807) is 25.3 Å². The van der Waals surface area contributed by atoms with E-state index >= 15 is 0 Å². The minimum atomic E-state index is -0.104. The molecule has 0 aliphatic rings. The molecule has 0 aromatic heterocycles.